The van der Waals surface area contributed by atoms with Crippen LogP contribution in [0.4, 0.5) is 0 Å². The first-order chi connectivity index (χ1) is 9.51. The van der Waals surface area contributed by atoms with E-state index in [1.807, 2.05) is 6.92 Å². The van der Waals surface area contributed by atoms with Crippen LogP contribution >= 0.6 is 11.6 Å². The van der Waals surface area contributed by atoms with E-state index >= 15 is 0 Å². The zero-order valence-electron chi connectivity index (χ0n) is 10.6. The molecule has 20 heavy (non-hydrogen) atoms. The lowest BCUT2D eigenvalue weighted by molar-refractivity contribution is 0.589. The number of nitrogens with zero attached hydrogens (tertiary/aromatic N) is 2. The van der Waals surface area contributed by atoms with Crippen LogP contribution < -0.4 is 0 Å². The van der Waals surface area contributed by atoms with Crippen LogP contribution in [0, 0.1) is 6.92 Å². The molecule has 3 aromatic rings. The Morgan fingerprint density at radius 3 is 2.55 bits per heavy atom. The maximum Gasteiger partial charge on any atom is 0.269 e. The predicted molar refractivity (Wildman–Crippen MR) is 78.5 cm³/mol. The van der Waals surface area contributed by atoms with Crippen molar-refractivity contribution in [1.29, 1.82) is 0 Å². The van der Waals surface area contributed by atoms with Crippen molar-refractivity contribution in [3.05, 3.63) is 59.4 Å². The quantitative estimate of drug-likeness (QED) is 0.730. The van der Waals surface area contributed by atoms with Crippen LogP contribution in [0.2, 0.25) is 5.02 Å². The van der Waals surface area contributed by atoms with E-state index in [9.17, 15) is 8.42 Å². The maximum atomic E-state index is 12.6. The fourth-order valence-electron chi connectivity index (χ4n) is 2.03. The highest BCUT2D eigenvalue weighted by Crippen LogP contribution is 2.28. The molecule has 1 aromatic carbocycles. The van der Waals surface area contributed by atoms with Gasteiger partial charge in [-0.3, -0.25) is 0 Å². The lowest BCUT2D eigenvalue weighted by Gasteiger charge is -2.07. The molecule has 0 atom stereocenters. The third-order valence-electron chi connectivity index (χ3n) is 3.09. The van der Waals surface area contributed by atoms with Gasteiger partial charge in [0.1, 0.15) is 0 Å². The standard InChI is InChI=1S/C14H11ClN2O2S/c1-10-9-16-14-12(13(10)15)7-8-17(14)20(18,19)11-5-3-2-4-6-11/h2-9H,1H3. The van der Waals surface area contributed by atoms with Gasteiger partial charge in [0.05, 0.1) is 9.92 Å². The summed E-state index contributed by atoms with van der Waals surface area (Å²) in [6.07, 6.45) is 3.05. The van der Waals surface area contributed by atoms with Crippen LogP contribution in [0.25, 0.3) is 11.0 Å². The van der Waals surface area contributed by atoms with Crippen LogP contribution in [-0.2, 0) is 10.0 Å². The Balaban J connectivity index is 2.29. The van der Waals surface area contributed by atoms with E-state index in [0.717, 1.165) is 9.54 Å². The fraction of sp³-hybridized carbons (Fsp3) is 0.0714. The second-order valence-corrected chi connectivity index (χ2v) is 6.62. The van der Waals surface area contributed by atoms with Gasteiger partial charge in [0, 0.05) is 17.8 Å². The molecule has 6 heteroatoms. The van der Waals surface area contributed by atoms with Crippen molar-refractivity contribution < 1.29 is 8.42 Å². The van der Waals surface area contributed by atoms with E-state index in [4.69, 9.17) is 11.6 Å². The Kier molecular flexibility index (Phi) is 3.03. The second-order valence-electron chi connectivity index (χ2n) is 4.42. The van der Waals surface area contributed by atoms with Gasteiger partial charge >= 0.3 is 0 Å². The normalized spacial score (nSPS) is 11.9. The third kappa shape index (κ3) is 1.90. The Morgan fingerprint density at radius 2 is 1.85 bits per heavy atom. The Morgan fingerprint density at radius 1 is 1.15 bits per heavy atom. The molecule has 0 radical (unpaired) electrons. The number of aromatic nitrogens is 2. The van der Waals surface area contributed by atoms with Crippen molar-refractivity contribution in [3.63, 3.8) is 0 Å². The molecule has 2 aromatic heterocycles. The van der Waals surface area contributed by atoms with Crippen LogP contribution in [-0.4, -0.2) is 17.4 Å². The highest BCUT2D eigenvalue weighted by molar-refractivity contribution is 7.90. The van der Waals surface area contributed by atoms with Crippen molar-refractivity contribution in [2.45, 2.75) is 11.8 Å². The second kappa shape index (κ2) is 4.61. The molecule has 0 spiro atoms. The topological polar surface area (TPSA) is 52.0 Å². The summed E-state index contributed by atoms with van der Waals surface area (Å²) in [6.45, 7) is 1.83. The van der Waals surface area contributed by atoms with Gasteiger partial charge in [-0.2, -0.15) is 0 Å². The largest absolute Gasteiger partial charge is 0.269 e. The molecule has 102 valence electrons. The molecule has 0 fully saturated rings. The SMILES string of the molecule is Cc1cnc2c(ccn2S(=O)(=O)c2ccccc2)c1Cl. The number of pyridine rings is 1. The molecular formula is C14H11ClN2O2S. The molecule has 4 nitrogen and oxygen atoms in total. The van der Waals surface area contributed by atoms with Gasteiger partial charge in [-0.1, -0.05) is 29.8 Å². The van der Waals surface area contributed by atoms with Gasteiger partial charge in [-0.25, -0.2) is 17.4 Å². The molecular weight excluding hydrogens is 296 g/mol. The zero-order valence-corrected chi connectivity index (χ0v) is 12.2. The van der Waals surface area contributed by atoms with Crippen molar-refractivity contribution in [1.82, 2.24) is 8.96 Å². The number of halogens is 1. The minimum atomic E-state index is -3.66. The van der Waals surface area contributed by atoms with E-state index in [0.29, 0.717) is 16.1 Å². The van der Waals surface area contributed by atoms with Gasteiger partial charge in [0.2, 0.25) is 0 Å². The van der Waals surface area contributed by atoms with Crippen molar-refractivity contribution >= 4 is 32.7 Å². The summed E-state index contributed by atoms with van der Waals surface area (Å²) in [5, 5.41) is 1.16. The minimum absolute atomic E-state index is 0.219. The smallest absolute Gasteiger partial charge is 0.237 e. The van der Waals surface area contributed by atoms with Gasteiger partial charge in [-0.15, -0.1) is 0 Å². The van der Waals surface area contributed by atoms with E-state index in [1.54, 1.807) is 42.6 Å². The van der Waals surface area contributed by atoms with Crippen LogP contribution in [0.15, 0.2) is 53.7 Å². The van der Waals surface area contributed by atoms with Crippen molar-refractivity contribution in [2.24, 2.45) is 0 Å². The van der Waals surface area contributed by atoms with Crippen molar-refractivity contribution in [2.75, 3.05) is 0 Å². The number of benzene rings is 1. The van der Waals surface area contributed by atoms with E-state index in [2.05, 4.69) is 4.98 Å². The first-order valence-corrected chi connectivity index (χ1v) is 7.76. The Labute approximate surface area is 121 Å². The number of fused-ring (bicyclic) bond motifs is 1. The number of aryl methyl sites for hydroxylation is 1. The first-order valence-electron chi connectivity index (χ1n) is 5.94. The van der Waals surface area contributed by atoms with Gasteiger partial charge in [0.15, 0.2) is 5.65 Å². The molecule has 0 aliphatic carbocycles. The summed E-state index contributed by atoms with van der Waals surface area (Å²) in [5.74, 6) is 0. The molecule has 0 N–H and O–H groups in total. The lowest BCUT2D eigenvalue weighted by Crippen LogP contribution is -2.12. The Bertz CT molecular complexity index is 886. The summed E-state index contributed by atoms with van der Waals surface area (Å²) in [4.78, 5) is 4.41. The van der Waals surface area contributed by atoms with Gasteiger partial charge in [0.25, 0.3) is 10.0 Å². The lowest BCUT2D eigenvalue weighted by atomic mass is 10.2. The molecule has 0 saturated heterocycles. The minimum Gasteiger partial charge on any atom is -0.237 e. The van der Waals surface area contributed by atoms with E-state index in [1.165, 1.54) is 6.20 Å². The fourth-order valence-corrected chi connectivity index (χ4v) is 3.55. The van der Waals surface area contributed by atoms with Gasteiger partial charge in [-0.05, 0) is 30.7 Å². The molecule has 0 unspecified atom stereocenters. The summed E-state index contributed by atoms with van der Waals surface area (Å²) in [6, 6.07) is 9.91. The number of hydrogen-bond donors (Lipinski definition) is 0. The summed E-state index contributed by atoms with van der Waals surface area (Å²) in [7, 11) is -3.66. The molecule has 0 bridgehead atoms. The maximum absolute atomic E-state index is 12.6. The summed E-state index contributed by atoms with van der Waals surface area (Å²) in [5.41, 5.74) is 1.15. The first kappa shape index (κ1) is 13.1. The molecule has 0 aliphatic heterocycles. The van der Waals surface area contributed by atoms with E-state index < -0.39 is 10.0 Å². The van der Waals surface area contributed by atoms with Crippen LogP contribution in [0.1, 0.15) is 5.56 Å². The van der Waals surface area contributed by atoms with Crippen LogP contribution in [0.3, 0.4) is 0 Å². The number of hydrogen-bond acceptors (Lipinski definition) is 3. The molecule has 2 heterocycles. The van der Waals surface area contributed by atoms with Crippen LogP contribution in [0.5, 0.6) is 0 Å². The molecule has 0 saturated carbocycles. The monoisotopic (exact) mass is 306 g/mol. The molecule has 0 amide bonds. The number of rotatable bonds is 2. The zero-order chi connectivity index (χ0) is 14.3. The van der Waals surface area contributed by atoms with E-state index in [-0.39, 0.29) is 4.90 Å². The summed E-state index contributed by atoms with van der Waals surface area (Å²) < 4.78 is 26.3. The summed E-state index contributed by atoms with van der Waals surface area (Å²) >= 11 is 6.19. The molecule has 3 rings (SSSR count). The predicted octanol–water partition coefficient (Wildman–Crippen LogP) is 3.24. The highest BCUT2D eigenvalue weighted by Gasteiger charge is 2.20. The Hall–Kier alpha value is -1.85. The average Bonchev–Trinajstić information content (AvgIpc) is 2.89. The average molecular weight is 307 g/mol. The highest BCUT2D eigenvalue weighted by atomic mass is 35.5. The third-order valence-corrected chi connectivity index (χ3v) is 5.27. The molecule has 0 aliphatic rings. The van der Waals surface area contributed by atoms with Crippen molar-refractivity contribution in [3.8, 4) is 0 Å². The van der Waals surface area contributed by atoms with Gasteiger partial charge < -0.3 is 0 Å².